The molecule has 0 fully saturated rings. The van der Waals surface area contributed by atoms with Crippen molar-refractivity contribution in [1.82, 2.24) is 0 Å². The molecule has 0 atom stereocenters. The van der Waals surface area contributed by atoms with Gasteiger partial charge in [0.2, 0.25) is 10.0 Å². The van der Waals surface area contributed by atoms with Crippen molar-refractivity contribution in [2.75, 3.05) is 10.5 Å². The van der Waals surface area contributed by atoms with Crippen LogP contribution in [0.15, 0.2) is 18.2 Å². The first kappa shape index (κ1) is 14.8. The van der Waals surface area contributed by atoms with E-state index in [1.807, 2.05) is 20.8 Å². The minimum absolute atomic E-state index is 0.00897. The number of phenolic OH excluding ortho intramolecular Hbond substituents is 1. The third kappa shape index (κ3) is 4.91. The lowest BCUT2D eigenvalue weighted by Gasteiger charge is -2.18. The Balaban J connectivity index is 2.77. The summed E-state index contributed by atoms with van der Waals surface area (Å²) in [6.45, 7) is 5.83. The van der Waals surface area contributed by atoms with Gasteiger partial charge in [-0.15, -0.1) is 0 Å². The van der Waals surface area contributed by atoms with E-state index >= 15 is 0 Å². The summed E-state index contributed by atoms with van der Waals surface area (Å²) in [5.74, 6) is -1.09. The molecule has 0 aliphatic rings. The molecule has 0 amide bonds. The van der Waals surface area contributed by atoms with Crippen LogP contribution < -0.4 is 4.72 Å². The number of rotatable bonds is 4. The molecule has 1 rings (SSSR count). The normalized spacial score (nSPS) is 12.4. The van der Waals surface area contributed by atoms with Gasteiger partial charge in [0.1, 0.15) is 11.6 Å². The van der Waals surface area contributed by atoms with Gasteiger partial charge < -0.3 is 5.11 Å². The average molecular weight is 275 g/mol. The van der Waals surface area contributed by atoms with Crippen molar-refractivity contribution in [2.24, 2.45) is 5.41 Å². The Morgan fingerprint density at radius 1 is 1.33 bits per heavy atom. The summed E-state index contributed by atoms with van der Waals surface area (Å²) in [5, 5.41) is 9.42. The van der Waals surface area contributed by atoms with Crippen LogP contribution in [0.1, 0.15) is 27.2 Å². The second-order valence-electron chi connectivity index (χ2n) is 5.39. The highest BCUT2D eigenvalue weighted by molar-refractivity contribution is 7.92. The van der Waals surface area contributed by atoms with Gasteiger partial charge in [0.05, 0.1) is 11.4 Å². The molecule has 0 spiro atoms. The number of hydrogen-bond acceptors (Lipinski definition) is 3. The van der Waals surface area contributed by atoms with Crippen LogP contribution >= 0.6 is 0 Å². The minimum Gasteiger partial charge on any atom is -0.506 e. The number of anilines is 1. The summed E-state index contributed by atoms with van der Waals surface area (Å²) in [6.07, 6.45) is 0.490. The molecule has 0 unspecified atom stereocenters. The molecule has 18 heavy (non-hydrogen) atoms. The third-order valence-electron chi connectivity index (χ3n) is 2.35. The summed E-state index contributed by atoms with van der Waals surface area (Å²) < 4.78 is 38.5. The molecule has 0 aromatic heterocycles. The number of phenols is 1. The number of aromatic hydroxyl groups is 1. The third-order valence-corrected chi connectivity index (χ3v) is 3.62. The smallest absolute Gasteiger partial charge is 0.232 e. The largest absolute Gasteiger partial charge is 0.506 e. The second kappa shape index (κ2) is 5.14. The van der Waals surface area contributed by atoms with E-state index in [-0.39, 0.29) is 16.9 Å². The molecule has 6 heteroatoms. The van der Waals surface area contributed by atoms with Crippen LogP contribution in [0.3, 0.4) is 0 Å². The fourth-order valence-electron chi connectivity index (χ4n) is 1.25. The van der Waals surface area contributed by atoms with Crippen molar-refractivity contribution in [3.05, 3.63) is 24.0 Å². The first-order valence-electron chi connectivity index (χ1n) is 5.58. The van der Waals surface area contributed by atoms with Gasteiger partial charge >= 0.3 is 0 Å². The quantitative estimate of drug-likeness (QED) is 0.830. The van der Waals surface area contributed by atoms with E-state index in [9.17, 15) is 17.9 Å². The predicted molar refractivity (Wildman–Crippen MR) is 69.5 cm³/mol. The van der Waals surface area contributed by atoms with Gasteiger partial charge in [0.25, 0.3) is 0 Å². The molecule has 0 aliphatic heterocycles. The van der Waals surface area contributed by atoms with E-state index in [4.69, 9.17) is 0 Å². The molecular formula is C12H18FNO3S. The molecule has 1 aromatic rings. The summed E-state index contributed by atoms with van der Waals surface area (Å²) in [6, 6.07) is 3.14. The molecule has 2 N–H and O–H groups in total. The maximum absolute atomic E-state index is 12.7. The van der Waals surface area contributed by atoms with Crippen LogP contribution in [0, 0.1) is 11.2 Å². The Morgan fingerprint density at radius 3 is 2.44 bits per heavy atom. The number of benzene rings is 1. The average Bonchev–Trinajstić information content (AvgIpc) is 2.19. The molecule has 0 saturated carbocycles. The van der Waals surface area contributed by atoms with E-state index in [0.717, 1.165) is 12.1 Å². The van der Waals surface area contributed by atoms with Gasteiger partial charge in [0, 0.05) is 6.07 Å². The molecule has 0 bridgehead atoms. The van der Waals surface area contributed by atoms with Crippen molar-refractivity contribution in [2.45, 2.75) is 27.2 Å². The molecule has 0 radical (unpaired) electrons. The van der Waals surface area contributed by atoms with Crippen molar-refractivity contribution in [3.63, 3.8) is 0 Å². The van der Waals surface area contributed by atoms with Gasteiger partial charge in [-0.3, -0.25) is 4.72 Å². The SMILES string of the molecule is CC(C)(C)CCS(=O)(=O)Nc1ccc(F)cc1O. The lowest BCUT2D eigenvalue weighted by atomic mass is 9.94. The first-order chi connectivity index (χ1) is 8.09. The van der Waals surface area contributed by atoms with E-state index in [0.29, 0.717) is 6.42 Å². The molecule has 0 aliphatic carbocycles. The highest BCUT2D eigenvalue weighted by Crippen LogP contribution is 2.26. The van der Waals surface area contributed by atoms with Gasteiger partial charge in [0.15, 0.2) is 0 Å². The van der Waals surface area contributed by atoms with Crippen LogP contribution in [0.5, 0.6) is 5.75 Å². The Hall–Kier alpha value is -1.30. The molecular weight excluding hydrogens is 257 g/mol. The van der Waals surface area contributed by atoms with Gasteiger partial charge in [-0.25, -0.2) is 12.8 Å². The zero-order chi connectivity index (χ0) is 14.0. The van der Waals surface area contributed by atoms with Crippen molar-refractivity contribution in [3.8, 4) is 5.75 Å². The predicted octanol–water partition coefficient (Wildman–Crippen LogP) is 2.71. The Kier molecular flexibility index (Phi) is 4.21. The highest BCUT2D eigenvalue weighted by atomic mass is 32.2. The fraction of sp³-hybridized carbons (Fsp3) is 0.500. The van der Waals surface area contributed by atoms with Crippen LogP contribution in [0.4, 0.5) is 10.1 Å². The number of halogens is 1. The van der Waals surface area contributed by atoms with Gasteiger partial charge in [-0.05, 0) is 24.0 Å². The summed E-state index contributed by atoms with van der Waals surface area (Å²) in [4.78, 5) is 0. The second-order valence-corrected chi connectivity index (χ2v) is 7.23. The van der Waals surface area contributed by atoms with Gasteiger partial charge in [-0.2, -0.15) is 0 Å². The van der Waals surface area contributed by atoms with E-state index < -0.39 is 21.6 Å². The summed E-state index contributed by atoms with van der Waals surface area (Å²) >= 11 is 0. The maximum Gasteiger partial charge on any atom is 0.232 e. The minimum atomic E-state index is -3.54. The number of nitrogens with one attached hydrogen (secondary N) is 1. The number of hydrogen-bond donors (Lipinski definition) is 2. The zero-order valence-corrected chi connectivity index (χ0v) is 11.5. The molecule has 0 saturated heterocycles. The fourth-order valence-corrected chi connectivity index (χ4v) is 2.74. The standard InChI is InChI=1S/C12H18FNO3S/c1-12(2,3)6-7-18(16,17)14-10-5-4-9(13)8-11(10)15/h4-5,8,14-15H,6-7H2,1-3H3. The van der Waals surface area contributed by atoms with E-state index in [1.165, 1.54) is 6.07 Å². The Bertz CT molecular complexity index is 521. The Morgan fingerprint density at radius 2 is 1.94 bits per heavy atom. The van der Waals surface area contributed by atoms with Crippen LogP contribution in [-0.4, -0.2) is 19.3 Å². The van der Waals surface area contributed by atoms with E-state index in [2.05, 4.69) is 4.72 Å². The van der Waals surface area contributed by atoms with Crippen LogP contribution in [0.25, 0.3) is 0 Å². The summed E-state index contributed by atoms with van der Waals surface area (Å²) in [5.41, 5.74) is -0.107. The molecule has 102 valence electrons. The van der Waals surface area contributed by atoms with Crippen LogP contribution in [-0.2, 0) is 10.0 Å². The van der Waals surface area contributed by atoms with Crippen molar-refractivity contribution >= 4 is 15.7 Å². The lowest BCUT2D eigenvalue weighted by molar-refractivity contribution is 0.397. The van der Waals surface area contributed by atoms with Crippen LogP contribution in [0.2, 0.25) is 0 Å². The highest BCUT2D eigenvalue weighted by Gasteiger charge is 2.18. The van der Waals surface area contributed by atoms with Gasteiger partial charge in [-0.1, -0.05) is 20.8 Å². The molecule has 4 nitrogen and oxygen atoms in total. The van der Waals surface area contributed by atoms with Crippen molar-refractivity contribution in [1.29, 1.82) is 0 Å². The molecule has 1 aromatic carbocycles. The lowest BCUT2D eigenvalue weighted by Crippen LogP contribution is -2.21. The topological polar surface area (TPSA) is 66.4 Å². The Labute approximate surface area is 107 Å². The summed E-state index contributed by atoms with van der Waals surface area (Å²) in [7, 11) is -3.54. The monoisotopic (exact) mass is 275 g/mol. The zero-order valence-electron chi connectivity index (χ0n) is 10.7. The van der Waals surface area contributed by atoms with E-state index in [1.54, 1.807) is 0 Å². The van der Waals surface area contributed by atoms with Crippen molar-refractivity contribution < 1.29 is 17.9 Å². The number of sulfonamides is 1. The molecule has 0 heterocycles. The maximum atomic E-state index is 12.7. The first-order valence-corrected chi connectivity index (χ1v) is 7.23.